The first kappa shape index (κ1) is 15.6. The molecule has 1 N–H and O–H groups in total. The van der Waals surface area contributed by atoms with E-state index >= 15 is 0 Å². The van der Waals surface area contributed by atoms with Gasteiger partial charge in [0.2, 0.25) is 0 Å². The van der Waals surface area contributed by atoms with Crippen molar-refractivity contribution in [2.45, 2.75) is 44.2 Å². The second kappa shape index (κ2) is 7.87. The van der Waals surface area contributed by atoms with E-state index in [0.717, 1.165) is 42.2 Å². The normalized spacial score (nSPS) is 20.1. The van der Waals surface area contributed by atoms with Gasteiger partial charge < -0.3 is 14.8 Å². The lowest BCUT2D eigenvalue weighted by Crippen LogP contribution is -2.18. The molecule has 0 bridgehead atoms. The summed E-state index contributed by atoms with van der Waals surface area (Å²) in [7, 11) is 3.68. The molecule has 1 aliphatic heterocycles. The predicted molar refractivity (Wildman–Crippen MR) is 82.6 cm³/mol. The first-order valence-corrected chi connectivity index (χ1v) is 7.74. The van der Waals surface area contributed by atoms with Crippen LogP contribution in [-0.4, -0.2) is 26.9 Å². The second-order valence-electron chi connectivity index (χ2n) is 5.29. The molecule has 1 saturated heterocycles. The number of ether oxygens (including phenoxy) is 2. The third kappa shape index (κ3) is 4.11. The number of methoxy groups -OCH3 is 1. The molecule has 2 atom stereocenters. The monoisotopic (exact) mass is 297 g/mol. The highest BCUT2D eigenvalue weighted by Crippen LogP contribution is 2.31. The molecule has 0 spiro atoms. The maximum atomic E-state index is 6.11. The summed E-state index contributed by atoms with van der Waals surface area (Å²) in [5.41, 5.74) is 1.13. The molecule has 0 saturated carbocycles. The lowest BCUT2D eigenvalue weighted by atomic mass is 9.98. The highest BCUT2D eigenvalue weighted by atomic mass is 35.5. The van der Waals surface area contributed by atoms with E-state index in [9.17, 15) is 0 Å². The van der Waals surface area contributed by atoms with Gasteiger partial charge in [0.15, 0.2) is 0 Å². The van der Waals surface area contributed by atoms with Crippen molar-refractivity contribution in [3.8, 4) is 5.75 Å². The van der Waals surface area contributed by atoms with Crippen molar-refractivity contribution in [1.82, 2.24) is 5.32 Å². The van der Waals surface area contributed by atoms with Crippen molar-refractivity contribution in [1.29, 1.82) is 0 Å². The molecule has 20 heavy (non-hydrogen) atoms. The summed E-state index contributed by atoms with van der Waals surface area (Å²) >= 11 is 6.11. The molecular formula is C16H24ClNO2. The fourth-order valence-electron chi connectivity index (χ4n) is 2.85. The van der Waals surface area contributed by atoms with Gasteiger partial charge in [0, 0.05) is 23.2 Å². The van der Waals surface area contributed by atoms with Crippen molar-refractivity contribution in [2.24, 2.45) is 0 Å². The smallest absolute Gasteiger partial charge is 0.123 e. The molecule has 2 rings (SSSR count). The minimum absolute atomic E-state index is 0.269. The zero-order valence-corrected chi connectivity index (χ0v) is 13.1. The van der Waals surface area contributed by atoms with Crippen LogP contribution in [0.4, 0.5) is 0 Å². The number of benzene rings is 1. The molecule has 2 unspecified atom stereocenters. The van der Waals surface area contributed by atoms with Gasteiger partial charge in [0.1, 0.15) is 5.75 Å². The van der Waals surface area contributed by atoms with Crippen LogP contribution in [0, 0.1) is 0 Å². The van der Waals surface area contributed by atoms with E-state index in [1.165, 1.54) is 12.8 Å². The summed E-state index contributed by atoms with van der Waals surface area (Å²) in [6.45, 7) is 0.933. The number of hydrogen-bond acceptors (Lipinski definition) is 3. The summed E-state index contributed by atoms with van der Waals surface area (Å²) in [6, 6.07) is 6.06. The fourth-order valence-corrected chi connectivity index (χ4v) is 3.04. The van der Waals surface area contributed by atoms with Crippen molar-refractivity contribution in [3.63, 3.8) is 0 Å². The van der Waals surface area contributed by atoms with E-state index in [2.05, 4.69) is 5.32 Å². The Morgan fingerprint density at radius 1 is 1.50 bits per heavy atom. The molecule has 1 aromatic rings. The zero-order chi connectivity index (χ0) is 14.4. The van der Waals surface area contributed by atoms with E-state index in [4.69, 9.17) is 21.1 Å². The molecular weight excluding hydrogens is 274 g/mol. The first-order valence-electron chi connectivity index (χ1n) is 7.37. The molecule has 1 heterocycles. The van der Waals surface area contributed by atoms with Gasteiger partial charge in [0.05, 0.1) is 13.2 Å². The standard InChI is InChI=1S/C16H24ClNO2/c1-18-15(7-3-5-13-6-4-10-20-13)14-11-12(17)8-9-16(14)19-2/h8-9,11,13,15,18H,3-7,10H2,1-2H3. The number of halogens is 1. The topological polar surface area (TPSA) is 30.5 Å². The third-order valence-electron chi connectivity index (χ3n) is 3.96. The Kier molecular flexibility index (Phi) is 6.14. The van der Waals surface area contributed by atoms with Crippen molar-refractivity contribution in [3.05, 3.63) is 28.8 Å². The first-order chi connectivity index (χ1) is 9.74. The van der Waals surface area contributed by atoms with Crippen LogP contribution in [0.1, 0.15) is 43.7 Å². The highest BCUT2D eigenvalue weighted by Gasteiger charge is 2.18. The van der Waals surface area contributed by atoms with Gasteiger partial charge in [-0.2, -0.15) is 0 Å². The summed E-state index contributed by atoms with van der Waals surface area (Å²) in [6.07, 6.45) is 6.24. The molecule has 0 amide bonds. The maximum absolute atomic E-state index is 6.11. The summed E-state index contributed by atoms with van der Waals surface area (Å²) < 4.78 is 11.1. The van der Waals surface area contributed by atoms with Gasteiger partial charge in [-0.25, -0.2) is 0 Å². The SMILES string of the molecule is CNC(CCCC1CCCO1)c1cc(Cl)ccc1OC. The van der Waals surface area contributed by atoms with Crippen LogP contribution >= 0.6 is 11.6 Å². The Labute approximate surface area is 126 Å². The van der Waals surface area contributed by atoms with Gasteiger partial charge in [-0.05, 0) is 57.4 Å². The molecule has 4 heteroatoms. The van der Waals surface area contributed by atoms with E-state index in [-0.39, 0.29) is 6.04 Å². The third-order valence-corrected chi connectivity index (χ3v) is 4.19. The predicted octanol–water partition coefficient (Wildman–Crippen LogP) is 3.96. The molecule has 1 aliphatic rings. The summed E-state index contributed by atoms with van der Waals surface area (Å²) in [5.74, 6) is 0.894. The molecule has 3 nitrogen and oxygen atoms in total. The van der Waals surface area contributed by atoms with Crippen LogP contribution in [0.25, 0.3) is 0 Å². The lowest BCUT2D eigenvalue weighted by molar-refractivity contribution is 0.101. The van der Waals surface area contributed by atoms with Crippen LogP contribution in [0.3, 0.4) is 0 Å². The summed E-state index contributed by atoms with van der Waals surface area (Å²) in [4.78, 5) is 0. The molecule has 0 aliphatic carbocycles. The van der Waals surface area contributed by atoms with Crippen molar-refractivity contribution in [2.75, 3.05) is 20.8 Å². The van der Waals surface area contributed by atoms with Gasteiger partial charge in [-0.1, -0.05) is 11.6 Å². The maximum Gasteiger partial charge on any atom is 0.123 e. The Bertz CT molecular complexity index is 419. The fraction of sp³-hybridized carbons (Fsp3) is 0.625. The minimum Gasteiger partial charge on any atom is -0.496 e. The molecule has 112 valence electrons. The van der Waals surface area contributed by atoms with Gasteiger partial charge >= 0.3 is 0 Å². The Morgan fingerprint density at radius 3 is 3.00 bits per heavy atom. The number of rotatable bonds is 7. The van der Waals surface area contributed by atoms with E-state index in [0.29, 0.717) is 6.10 Å². The highest BCUT2D eigenvalue weighted by molar-refractivity contribution is 6.30. The van der Waals surface area contributed by atoms with E-state index < -0.39 is 0 Å². The average molecular weight is 298 g/mol. The Balaban J connectivity index is 1.94. The van der Waals surface area contributed by atoms with E-state index in [1.807, 2.05) is 25.2 Å². The quantitative estimate of drug-likeness (QED) is 0.826. The van der Waals surface area contributed by atoms with Crippen LogP contribution in [0.5, 0.6) is 5.75 Å². The van der Waals surface area contributed by atoms with Gasteiger partial charge in [0.25, 0.3) is 0 Å². The van der Waals surface area contributed by atoms with Crippen molar-refractivity contribution < 1.29 is 9.47 Å². The molecule has 1 aromatic carbocycles. The van der Waals surface area contributed by atoms with Crippen LogP contribution in [0.2, 0.25) is 5.02 Å². The Hall–Kier alpha value is -0.770. The average Bonchev–Trinajstić information content (AvgIpc) is 2.97. The number of nitrogens with one attached hydrogen (secondary N) is 1. The Morgan fingerprint density at radius 2 is 2.35 bits per heavy atom. The summed E-state index contributed by atoms with van der Waals surface area (Å²) in [5, 5.41) is 4.12. The van der Waals surface area contributed by atoms with Crippen molar-refractivity contribution >= 4 is 11.6 Å². The molecule has 0 aromatic heterocycles. The van der Waals surface area contributed by atoms with Crippen LogP contribution in [-0.2, 0) is 4.74 Å². The largest absolute Gasteiger partial charge is 0.496 e. The molecule has 1 fully saturated rings. The van der Waals surface area contributed by atoms with Crippen LogP contribution in [0.15, 0.2) is 18.2 Å². The molecule has 0 radical (unpaired) electrons. The van der Waals surface area contributed by atoms with Gasteiger partial charge in [-0.15, -0.1) is 0 Å². The van der Waals surface area contributed by atoms with E-state index in [1.54, 1.807) is 7.11 Å². The number of hydrogen-bond donors (Lipinski definition) is 1. The van der Waals surface area contributed by atoms with Crippen LogP contribution < -0.4 is 10.1 Å². The van der Waals surface area contributed by atoms with Gasteiger partial charge in [-0.3, -0.25) is 0 Å². The second-order valence-corrected chi connectivity index (χ2v) is 5.73. The zero-order valence-electron chi connectivity index (χ0n) is 12.3. The minimum atomic E-state index is 0.269. The lowest BCUT2D eigenvalue weighted by Gasteiger charge is -2.20.